The number of hydrogen-bond donors (Lipinski definition) is 1. The van der Waals surface area contributed by atoms with Gasteiger partial charge in [0.15, 0.2) is 0 Å². The quantitative estimate of drug-likeness (QED) is 0.608. The number of carbonyl (C=O) groups excluding carboxylic acids is 1. The van der Waals surface area contributed by atoms with Gasteiger partial charge in [-0.25, -0.2) is 0 Å². The third-order valence-electron chi connectivity index (χ3n) is 2.75. The third kappa shape index (κ3) is 3.64. The van der Waals surface area contributed by atoms with Crippen LogP contribution in [-0.2, 0) is 17.8 Å². The molecule has 1 N–H and O–H groups in total. The topological polar surface area (TPSA) is 46.5 Å². The number of aldehydes is 1. The second-order valence-electron chi connectivity index (χ2n) is 4.17. The summed E-state index contributed by atoms with van der Waals surface area (Å²) in [5.41, 5.74) is 1.51. The Hall–Kier alpha value is -1.27. The van der Waals surface area contributed by atoms with Crippen molar-refractivity contribution in [2.24, 2.45) is 0 Å². The van der Waals surface area contributed by atoms with Crippen molar-refractivity contribution in [3.8, 4) is 11.5 Å². The molecule has 0 amide bonds. The van der Waals surface area contributed by atoms with Gasteiger partial charge in [-0.1, -0.05) is 29.8 Å². The van der Waals surface area contributed by atoms with Crippen LogP contribution >= 0.6 is 34.2 Å². The van der Waals surface area contributed by atoms with Gasteiger partial charge in [0.1, 0.15) is 29.4 Å². The molecule has 0 fully saturated rings. The molecule has 0 atom stereocenters. The zero-order chi connectivity index (χ0) is 14.5. The minimum absolute atomic E-state index is 0.0982. The van der Waals surface area contributed by atoms with Gasteiger partial charge >= 0.3 is 0 Å². The molecule has 0 saturated carbocycles. The molecule has 0 aliphatic heterocycles. The van der Waals surface area contributed by atoms with Crippen molar-refractivity contribution in [1.82, 2.24) is 0 Å². The molecule has 0 radical (unpaired) electrons. The van der Waals surface area contributed by atoms with Crippen molar-refractivity contribution in [3.63, 3.8) is 0 Å². The van der Waals surface area contributed by atoms with E-state index in [9.17, 15) is 9.90 Å². The highest BCUT2D eigenvalue weighted by molar-refractivity contribution is 14.1. The molecule has 3 nitrogen and oxygen atoms in total. The number of aromatic hydroxyl groups is 1. The predicted octanol–water partition coefficient (Wildman–Crippen LogP) is 3.97. The number of benzene rings is 2. The van der Waals surface area contributed by atoms with Crippen LogP contribution < -0.4 is 4.74 Å². The molecule has 104 valence electrons. The number of phenols is 1. The van der Waals surface area contributed by atoms with Gasteiger partial charge in [-0.2, -0.15) is 0 Å². The molecule has 0 aliphatic rings. The summed E-state index contributed by atoms with van der Waals surface area (Å²) in [5, 5.41) is 10.0. The molecule has 5 heteroatoms. The summed E-state index contributed by atoms with van der Waals surface area (Å²) >= 11 is 8.27. The van der Waals surface area contributed by atoms with Crippen molar-refractivity contribution in [1.29, 1.82) is 0 Å². The van der Waals surface area contributed by atoms with E-state index in [-0.39, 0.29) is 17.2 Å². The van der Waals surface area contributed by atoms with E-state index >= 15 is 0 Å². The highest BCUT2D eigenvalue weighted by Crippen LogP contribution is 2.36. The number of hydrogen-bond acceptors (Lipinski definition) is 3. The van der Waals surface area contributed by atoms with Crippen molar-refractivity contribution in [3.05, 3.63) is 56.1 Å². The Balaban J connectivity index is 2.14. The van der Waals surface area contributed by atoms with E-state index in [0.29, 0.717) is 17.9 Å². The second kappa shape index (κ2) is 6.95. The Morgan fingerprint density at radius 3 is 2.80 bits per heavy atom. The fourth-order valence-electron chi connectivity index (χ4n) is 1.74. The lowest BCUT2D eigenvalue weighted by Gasteiger charge is -2.11. The van der Waals surface area contributed by atoms with E-state index in [1.54, 1.807) is 12.1 Å². The molecule has 2 aromatic rings. The standard InChI is InChI=1S/C15H12ClIO3/c16-14-13(5-4-11(6-7-18)15(14)19)20-9-10-2-1-3-12(17)8-10/h1-5,7-8,19H,6,9H2. The van der Waals surface area contributed by atoms with Gasteiger partial charge in [0.05, 0.1) is 0 Å². The number of halogens is 2. The molecule has 0 spiro atoms. The predicted molar refractivity (Wildman–Crippen MR) is 86.4 cm³/mol. The third-order valence-corrected chi connectivity index (χ3v) is 3.79. The van der Waals surface area contributed by atoms with Crippen molar-refractivity contribution >= 4 is 40.5 Å². The summed E-state index contributed by atoms with van der Waals surface area (Å²) in [6, 6.07) is 11.2. The van der Waals surface area contributed by atoms with Crippen molar-refractivity contribution < 1.29 is 14.6 Å². The van der Waals surface area contributed by atoms with Gasteiger partial charge in [0.25, 0.3) is 0 Å². The Morgan fingerprint density at radius 2 is 2.10 bits per heavy atom. The first-order valence-electron chi connectivity index (χ1n) is 5.93. The van der Waals surface area contributed by atoms with E-state index in [4.69, 9.17) is 16.3 Å². The number of carbonyl (C=O) groups is 1. The highest BCUT2D eigenvalue weighted by atomic mass is 127. The molecule has 0 heterocycles. The molecular formula is C15H12ClIO3. The van der Waals surface area contributed by atoms with Crippen LogP contribution in [0.25, 0.3) is 0 Å². The smallest absolute Gasteiger partial charge is 0.142 e. The Labute approximate surface area is 135 Å². The summed E-state index contributed by atoms with van der Waals surface area (Å²) in [4.78, 5) is 10.5. The van der Waals surface area contributed by atoms with Crippen LogP contribution in [0.1, 0.15) is 11.1 Å². The van der Waals surface area contributed by atoms with Crippen molar-refractivity contribution in [2.75, 3.05) is 0 Å². The Morgan fingerprint density at radius 1 is 1.30 bits per heavy atom. The summed E-state index contributed by atoms with van der Waals surface area (Å²) in [6.45, 7) is 0.364. The Kier molecular flexibility index (Phi) is 5.25. The lowest BCUT2D eigenvalue weighted by Crippen LogP contribution is -1.97. The van der Waals surface area contributed by atoms with Gasteiger partial charge in [-0.05, 0) is 46.4 Å². The summed E-state index contributed by atoms with van der Waals surface area (Å²) in [7, 11) is 0. The van der Waals surface area contributed by atoms with Crippen LogP contribution in [0, 0.1) is 3.57 Å². The van der Waals surface area contributed by atoms with Gasteiger partial charge < -0.3 is 14.6 Å². The minimum Gasteiger partial charge on any atom is -0.506 e. The van der Waals surface area contributed by atoms with Gasteiger partial charge in [-0.15, -0.1) is 0 Å². The van der Waals surface area contributed by atoms with Gasteiger partial charge in [0.2, 0.25) is 0 Å². The molecule has 2 aromatic carbocycles. The maximum absolute atomic E-state index is 10.5. The fourth-order valence-corrected chi connectivity index (χ4v) is 2.59. The molecule has 0 bridgehead atoms. The molecule has 20 heavy (non-hydrogen) atoms. The van der Waals surface area contributed by atoms with E-state index in [1.807, 2.05) is 24.3 Å². The van der Waals surface area contributed by atoms with E-state index < -0.39 is 0 Å². The summed E-state index contributed by atoms with van der Waals surface area (Å²) in [5.74, 6) is 0.302. The lowest BCUT2D eigenvalue weighted by atomic mass is 10.1. The van der Waals surface area contributed by atoms with Gasteiger partial charge in [0, 0.05) is 15.6 Å². The van der Waals surface area contributed by atoms with E-state index in [0.717, 1.165) is 15.4 Å². The zero-order valence-corrected chi connectivity index (χ0v) is 13.4. The fraction of sp³-hybridized carbons (Fsp3) is 0.133. The van der Waals surface area contributed by atoms with E-state index in [1.165, 1.54) is 0 Å². The van der Waals surface area contributed by atoms with Crippen LogP contribution in [0.15, 0.2) is 36.4 Å². The van der Waals surface area contributed by atoms with Crippen LogP contribution in [0.2, 0.25) is 5.02 Å². The molecule has 0 aliphatic carbocycles. The van der Waals surface area contributed by atoms with Crippen LogP contribution in [0.5, 0.6) is 11.5 Å². The number of rotatable bonds is 5. The zero-order valence-electron chi connectivity index (χ0n) is 10.5. The number of ether oxygens (including phenoxy) is 1. The first-order valence-corrected chi connectivity index (χ1v) is 7.38. The SMILES string of the molecule is O=CCc1ccc(OCc2cccc(I)c2)c(Cl)c1O. The normalized spacial score (nSPS) is 10.3. The number of phenolic OH excluding ortho intramolecular Hbond substituents is 1. The highest BCUT2D eigenvalue weighted by Gasteiger charge is 2.11. The molecular weight excluding hydrogens is 391 g/mol. The largest absolute Gasteiger partial charge is 0.506 e. The average molecular weight is 403 g/mol. The maximum Gasteiger partial charge on any atom is 0.142 e. The molecule has 0 unspecified atom stereocenters. The molecule has 2 rings (SSSR count). The first-order chi connectivity index (χ1) is 9.61. The lowest BCUT2D eigenvalue weighted by molar-refractivity contribution is -0.107. The maximum atomic E-state index is 10.5. The summed E-state index contributed by atoms with van der Waals surface area (Å²) < 4.78 is 6.73. The Bertz CT molecular complexity index is 629. The van der Waals surface area contributed by atoms with E-state index in [2.05, 4.69) is 22.6 Å². The van der Waals surface area contributed by atoms with Gasteiger partial charge in [-0.3, -0.25) is 0 Å². The molecule has 0 aromatic heterocycles. The monoisotopic (exact) mass is 402 g/mol. The van der Waals surface area contributed by atoms with Crippen LogP contribution in [0.3, 0.4) is 0 Å². The van der Waals surface area contributed by atoms with Crippen LogP contribution in [-0.4, -0.2) is 11.4 Å². The first kappa shape index (κ1) is 15.1. The minimum atomic E-state index is -0.0982. The summed E-state index contributed by atoms with van der Waals surface area (Å²) in [6.07, 6.45) is 0.848. The molecule has 0 saturated heterocycles. The van der Waals surface area contributed by atoms with Crippen LogP contribution in [0.4, 0.5) is 0 Å². The second-order valence-corrected chi connectivity index (χ2v) is 5.80. The van der Waals surface area contributed by atoms with Crippen molar-refractivity contribution in [2.45, 2.75) is 13.0 Å². The average Bonchev–Trinajstić information content (AvgIpc) is 2.43.